The molecule has 132 valence electrons. The van der Waals surface area contributed by atoms with Crippen LogP contribution in [-0.4, -0.2) is 51.4 Å². The number of aromatic nitrogens is 1. The van der Waals surface area contributed by atoms with Crippen LogP contribution in [0.25, 0.3) is 0 Å². The van der Waals surface area contributed by atoms with E-state index in [1.54, 1.807) is 50.7 Å². The van der Waals surface area contributed by atoms with Crippen molar-refractivity contribution in [3.8, 4) is 11.5 Å². The van der Waals surface area contributed by atoms with Gasteiger partial charge in [-0.1, -0.05) is 0 Å². The summed E-state index contributed by atoms with van der Waals surface area (Å²) in [5.74, 6) is 1.60. The third kappa shape index (κ3) is 3.83. The molecule has 25 heavy (non-hydrogen) atoms. The molecule has 1 aliphatic rings. The van der Waals surface area contributed by atoms with E-state index in [2.05, 4.69) is 15.2 Å². The summed E-state index contributed by atoms with van der Waals surface area (Å²) in [5.41, 5.74) is 1.05. The molecule has 2 heterocycles. The van der Waals surface area contributed by atoms with Gasteiger partial charge in [0.1, 0.15) is 17.3 Å². The van der Waals surface area contributed by atoms with Crippen molar-refractivity contribution in [2.75, 3.05) is 50.7 Å². The lowest BCUT2D eigenvalue weighted by atomic mass is 10.2. The molecule has 1 N–H and O–H groups in total. The number of morpholine rings is 1. The number of benzene rings is 1. The molecule has 0 spiro atoms. The van der Waals surface area contributed by atoms with Crippen LogP contribution in [-0.2, 0) is 4.74 Å². The molecule has 3 rings (SSSR count). The second-order valence-electron chi connectivity index (χ2n) is 5.49. The van der Waals surface area contributed by atoms with E-state index in [0.717, 1.165) is 0 Å². The lowest BCUT2D eigenvalue weighted by Crippen LogP contribution is -2.38. The van der Waals surface area contributed by atoms with Crippen molar-refractivity contribution in [1.82, 2.24) is 4.98 Å². The lowest BCUT2D eigenvalue weighted by molar-refractivity contribution is 0.102. The fourth-order valence-corrected chi connectivity index (χ4v) is 2.70. The van der Waals surface area contributed by atoms with E-state index in [0.29, 0.717) is 54.9 Å². The summed E-state index contributed by atoms with van der Waals surface area (Å²) in [6.07, 6.45) is 1.69. The maximum atomic E-state index is 12.8. The number of methoxy groups -OCH3 is 2. The highest BCUT2D eigenvalue weighted by molar-refractivity contribution is 6.08. The molecule has 0 bridgehead atoms. The Morgan fingerprint density at radius 2 is 2.00 bits per heavy atom. The minimum Gasteiger partial charge on any atom is -0.497 e. The first-order chi connectivity index (χ1) is 12.2. The van der Waals surface area contributed by atoms with Crippen molar-refractivity contribution in [2.24, 2.45) is 0 Å². The molecular formula is C18H21N3O4. The van der Waals surface area contributed by atoms with Crippen molar-refractivity contribution in [2.45, 2.75) is 0 Å². The number of pyridine rings is 1. The quantitative estimate of drug-likeness (QED) is 0.897. The third-order valence-electron chi connectivity index (χ3n) is 4.00. The number of hydrogen-bond acceptors (Lipinski definition) is 6. The summed E-state index contributed by atoms with van der Waals surface area (Å²) < 4.78 is 15.9. The summed E-state index contributed by atoms with van der Waals surface area (Å²) in [6, 6.07) is 8.77. The van der Waals surface area contributed by atoms with Crippen molar-refractivity contribution >= 4 is 17.4 Å². The van der Waals surface area contributed by atoms with Gasteiger partial charge in [-0.3, -0.25) is 4.79 Å². The molecule has 1 aromatic carbocycles. The van der Waals surface area contributed by atoms with E-state index in [1.807, 2.05) is 0 Å². The second-order valence-corrected chi connectivity index (χ2v) is 5.49. The highest BCUT2D eigenvalue weighted by Crippen LogP contribution is 2.30. The molecule has 1 amide bonds. The van der Waals surface area contributed by atoms with Crippen molar-refractivity contribution in [3.63, 3.8) is 0 Å². The van der Waals surface area contributed by atoms with Crippen LogP contribution in [0.15, 0.2) is 36.5 Å². The Balaban J connectivity index is 1.87. The zero-order valence-corrected chi connectivity index (χ0v) is 14.3. The molecule has 1 saturated heterocycles. The first-order valence-electron chi connectivity index (χ1n) is 8.04. The molecule has 0 saturated carbocycles. The monoisotopic (exact) mass is 343 g/mol. The van der Waals surface area contributed by atoms with Gasteiger partial charge in [0.15, 0.2) is 0 Å². The Bertz CT molecular complexity index is 745. The van der Waals surface area contributed by atoms with Gasteiger partial charge in [-0.2, -0.15) is 0 Å². The van der Waals surface area contributed by atoms with E-state index in [1.165, 1.54) is 0 Å². The summed E-state index contributed by atoms with van der Waals surface area (Å²) in [6.45, 7) is 2.67. The van der Waals surface area contributed by atoms with Crippen LogP contribution in [0.5, 0.6) is 11.5 Å². The van der Waals surface area contributed by atoms with E-state index in [4.69, 9.17) is 14.2 Å². The minimum atomic E-state index is -0.249. The summed E-state index contributed by atoms with van der Waals surface area (Å²) >= 11 is 0. The fourth-order valence-electron chi connectivity index (χ4n) is 2.70. The van der Waals surface area contributed by atoms with Crippen molar-refractivity contribution < 1.29 is 19.0 Å². The highest BCUT2D eigenvalue weighted by atomic mass is 16.5. The predicted octanol–water partition coefficient (Wildman–Crippen LogP) is 2.19. The van der Waals surface area contributed by atoms with Crippen LogP contribution < -0.4 is 19.7 Å². The molecule has 0 radical (unpaired) electrons. The maximum absolute atomic E-state index is 12.8. The van der Waals surface area contributed by atoms with Crippen LogP contribution in [0.4, 0.5) is 11.5 Å². The fraction of sp³-hybridized carbons (Fsp3) is 0.333. The van der Waals surface area contributed by atoms with E-state index < -0.39 is 0 Å². The summed E-state index contributed by atoms with van der Waals surface area (Å²) in [4.78, 5) is 19.3. The Morgan fingerprint density at radius 3 is 2.72 bits per heavy atom. The number of hydrogen-bond donors (Lipinski definition) is 1. The smallest absolute Gasteiger partial charge is 0.259 e. The number of nitrogens with one attached hydrogen (secondary N) is 1. The molecule has 2 aromatic rings. The second kappa shape index (κ2) is 7.85. The molecule has 0 atom stereocenters. The highest BCUT2D eigenvalue weighted by Gasteiger charge is 2.20. The lowest BCUT2D eigenvalue weighted by Gasteiger charge is -2.29. The zero-order chi connectivity index (χ0) is 17.6. The number of carbonyl (C=O) groups excluding carboxylic acids is 1. The third-order valence-corrected chi connectivity index (χ3v) is 4.00. The number of ether oxygens (including phenoxy) is 3. The van der Waals surface area contributed by atoms with Gasteiger partial charge >= 0.3 is 0 Å². The maximum Gasteiger partial charge on any atom is 0.259 e. The van der Waals surface area contributed by atoms with Gasteiger partial charge < -0.3 is 24.4 Å². The molecule has 7 heteroatoms. The number of rotatable bonds is 5. The normalized spacial score (nSPS) is 14.1. The van der Waals surface area contributed by atoms with Crippen molar-refractivity contribution in [1.29, 1.82) is 0 Å². The first kappa shape index (κ1) is 17.0. The van der Waals surface area contributed by atoms with Gasteiger partial charge in [0.05, 0.1) is 38.7 Å². The Labute approximate surface area is 146 Å². The van der Waals surface area contributed by atoms with E-state index >= 15 is 0 Å². The zero-order valence-electron chi connectivity index (χ0n) is 14.3. The van der Waals surface area contributed by atoms with Gasteiger partial charge in [-0.15, -0.1) is 0 Å². The number of carbonyl (C=O) groups is 1. The number of amides is 1. The van der Waals surface area contributed by atoms with Gasteiger partial charge in [-0.05, 0) is 24.3 Å². The van der Waals surface area contributed by atoms with Crippen LogP contribution >= 0.6 is 0 Å². The van der Waals surface area contributed by atoms with Crippen LogP contribution in [0.2, 0.25) is 0 Å². The van der Waals surface area contributed by atoms with Crippen LogP contribution in [0.3, 0.4) is 0 Å². The van der Waals surface area contributed by atoms with Crippen LogP contribution in [0.1, 0.15) is 10.4 Å². The summed E-state index contributed by atoms with van der Waals surface area (Å²) in [7, 11) is 3.13. The Kier molecular flexibility index (Phi) is 5.35. The Hall–Kier alpha value is -2.80. The van der Waals surface area contributed by atoms with Gasteiger partial charge in [-0.25, -0.2) is 4.98 Å². The first-order valence-corrected chi connectivity index (χ1v) is 8.04. The standard InChI is InChI=1S/C18H21N3O4/c1-23-13-5-6-16(24-2)15(12-13)20-18(22)14-4-3-7-19-17(14)21-8-10-25-11-9-21/h3-7,12H,8-11H2,1-2H3,(H,20,22). The molecule has 0 unspecified atom stereocenters. The minimum absolute atomic E-state index is 0.249. The number of anilines is 2. The molecule has 1 fully saturated rings. The molecule has 1 aromatic heterocycles. The average Bonchev–Trinajstić information content (AvgIpc) is 2.68. The number of nitrogens with zero attached hydrogens (tertiary/aromatic N) is 2. The Morgan fingerprint density at radius 1 is 1.20 bits per heavy atom. The topological polar surface area (TPSA) is 72.9 Å². The predicted molar refractivity (Wildman–Crippen MR) is 94.8 cm³/mol. The van der Waals surface area contributed by atoms with Crippen LogP contribution in [0, 0.1) is 0 Å². The largest absolute Gasteiger partial charge is 0.497 e. The van der Waals surface area contributed by atoms with Crippen molar-refractivity contribution in [3.05, 3.63) is 42.1 Å². The van der Waals surface area contributed by atoms with Gasteiger partial charge in [0.2, 0.25) is 0 Å². The van der Waals surface area contributed by atoms with E-state index in [-0.39, 0.29) is 5.91 Å². The summed E-state index contributed by atoms with van der Waals surface area (Å²) in [5, 5.41) is 2.89. The van der Waals surface area contributed by atoms with Gasteiger partial charge in [0, 0.05) is 25.4 Å². The molecular weight excluding hydrogens is 322 g/mol. The molecule has 1 aliphatic heterocycles. The van der Waals surface area contributed by atoms with E-state index in [9.17, 15) is 4.79 Å². The van der Waals surface area contributed by atoms with Gasteiger partial charge in [0.25, 0.3) is 5.91 Å². The molecule has 0 aliphatic carbocycles. The molecule has 7 nitrogen and oxygen atoms in total. The average molecular weight is 343 g/mol. The SMILES string of the molecule is COc1ccc(OC)c(NC(=O)c2cccnc2N2CCOCC2)c1.